The number of halogens is 3. The van der Waals surface area contributed by atoms with E-state index in [1.807, 2.05) is 24.3 Å². The number of carbonyl (C=O) groups is 2. The first-order chi connectivity index (χ1) is 21.1. The highest BCUT2D eigenvalue weighted by Gasteiger charge is 2.40. The lowest BCUT2D eigenvalue weighted by molar-refractivity contribution is -0.148. The number of fused-ring (bicyclic) bond motifs is 2. The third kappa shape index (κ3) is 5.18. The molecule has 2 aromatic carbocycles. The molecular formula is C28H25F3N8O5. The number of para-hydroxylation sites is 1. The maximum atomic E-state index is 14.0. The molecule has 4 heterocycles. The number of carbonyl (C=O) groups excluding carboxylic acids is 1. The van der Waals surface area contributed by atoms with Crippen molar-refractivity contribution in [3.63, 3.8) is 0 Å². The van der Waals surface area contributed by atoms with Crippen LogP contribution in [0.15, 0.2) is 48.5 Å². The molecule has 2 N–H and O–H groups in total. The molecule has 1 aliphatic rings. The van der Waals surface area contributed by atoms with Crippen LogP contribution in [-0.2, 0) is 17.5 Å². The van der Waals surface area contributed by atoms with Crippen LogP contribution in [0.1, 0.15) is 17.7 Å². The first-order valence-electron chi connectivity index (χ1n) is 13.3. The first kappa shape index (κ1) is 28.7. The van der Waals surface area contributed by atoms with E-state index in [1.165, 1.54) is 37.3 Å². The number of imidazole rings is 1. The van der Waals surface area contributed by atoms with Crippen molar-refractivity contribution in [2.24, 2.45) is 0 Å². The molecule has 0 radical (unpaired) electrons. The zero-order chi connectivity index (χ0) is 31.2. The molecule has 1 unspecified atom stereocenters. The number of hydrogen-bond acceptors (Lipinski definition) is 8. The molecule has 0 bridgehead atoms. The smallest absolute Gasteiger partial charge is 0.449 e. The molecule has 1 saturated heterocycles. The van der Waals surface area contributed by atoms with Gasteiger partial charge >= 0.3 is 12.3 Å². The van der Waals surface area contributed by atoms with Crippen LogP contribution < -0.4 is 9.47 Å². The summed E-state index contributed by atoms with van der Waals surface area (Å²) in [6.07, 6.45) is -6.06. The van der Waals surface area contributed by atoms with Crippen molar-refractivity contribution in [3.8, 4) is 23.0 Å². The fourth-order valence-electron chi connectivity index (χ4n) is 5.29. The highest BCUT2D eigenvalue weighted by molar-refractivity contribution is 5.85. The first-order valence-corrected chi connectivity index (χ1v) is 13.3. The van der Waals surface area contributed by atoms with Crippen molar-refractivity contribution in [2.75, 3.05) is 33.9 Å². The number of nitrogens with one attached hydrogen (secondary N) is 1. The van der Waals surface area contributed by atoms with Crippen molar-refractivity contribution in [3.05, 3.63) is 60.2 Å². The fourth-order valence-corrected chi connectivity index (χ4v) is 5.29. The Balaban J connectivity index is 1.37. The molecule has 1 atom stereocenters. The topological polar surface area (TPSA) is 152 Å². The minimum atomic E-state index is -4.85. The Bertz CT molecular complexity index is 1890. The number of piperazine rings is 1. The van der Waals surface area contributed by atoms with Crippen LogP contribution in [0.3, 0.4) is 0 Å². The molecule has 3 aromatic heterocycles. The average Bonchev–Trinajstić information content (AvgIpc) is 3.65. The Labute approximate surface area is 246 Å². The molecular weight excluding hydrogens is 585 g/mol. The van der Waals surface area contributed by atoms with Crippen molar-refractivity contribution in [1.29, 1.82) is 0 Å². The number of rotatable bonds is 6. The number of hydrogen-bond donors (Lipinski definition) is 2. The van der Waals surface area contributed by atoms with E-state index >= 15 is 0 Å². The molecule has 0 spiro atoms. The average molecular weight is 611 g/mol. The number of methoxy groups -OCH3 is 2. The van der Waals surface area contributed by atoms with Crippen molar-refractivity contribution in [2.45, 2.75) is 18.8 Å². The number of ether oxygens (including phenoxy) is 2. The van der Waals surface area contributed by atoms with Crippen LogP contribution in [0.25, 0.3) is 33.3 Å². The summed E-state index contributed by atoms with van der Waals surface area (Å²) in [5.41, 5.74) is 1.26. The lowest BCUT2D eigenvalue weighted by atomic mass is 10.1. The molecule has 0 aliphatic carbocycles. The van der Waals surface area contributed by atoms with Gasteiger partial charge in [0, 0.05) is 24.5 Å². The van der Waals surface area contributed by atoms with Crippen molar-refractivity contribution < 1.29 is 37.3 Å². The van der Waals surface area contributed by atoms with Crippen LogP contribution in [0, 0.1) is 0 Å². The van der Waals surface area contributed by atoms with Gasteiger partial charge in [-0.2, -0.15) is 13.2 Å². The zero-order valence-corrected chi connectivity index (χ0v) is 23.4. The molecule has 228 valence electrons. The lowest BCUT2D eigenvalue weighted by Crippen LogP contribution is -2.53. The van der Waals surface area contributed by atoms with Crippen LogP contribution >= 0.6 is 0 Å². The number of aromatic amines is 1. The highest BCUT2D eigenvalue weighted by atomic mass is 19.4. The quantitative estimate of drug-likeness (QED) is 0.291. The number of pyridine rings is 1. The van der Waals surface area contributed by atoms with Gasteiger partial charge in [0.15, 0.2) is 11.6 Å². The third-order valence-corrected chi connectivity index (χ3v) is 7.43. The van der Waals surface area contributed by atoms with Gasteiger partial charge in [-0.1, -0.05) is 18.2 Å². The monoisotopic (exact) mass is 610 g/mol. The second-order valence-corrected chi connectivity index (χ2v) is 10.0. The van der Waals surface area contributed by atoms with Gasteiger partial charge in [-0.15, -0.1) is 10.2 Å². The lowest BCUT2D eigenvalue weighted by Gasteiger charge is -2.39. The normalized spacial score (nSPS) is 15.6. The maximum absolute atomic E-state index is 14.0. The summed E-state index contributed by atoms with van der Waals surface area (Å²) in [5, 5.41) is 18.9. The Kier molecular flexibility index (Phi) is 7.18. The number of benzene rings is 2. The van der Waals surface area contributed by atoms with Crippen LogP contribution in [0.2, 0.25) is 0 Å². The summed E-state index contributed by atoms with van der Waals surface area (Å²) in [4.78, 5) is 39.3. The fraction of sp³-hybridized carbons (Fsp3) is 0.286. The number of amides is 2. The predicted octanol–water partition coefficient (Wildman–Crippen LogP) is 3.97. The number of carboxylic acid groups (broad SMARTS) is 1. The Morgan fingerprint density at radius 3 is 2.55 bits per heavy atom. The molecule has 1 aliphatic heterocycles. The van der Waals surface area contributed by atoms with Gasteiger partial charge in [0.2, 0.25) is 17.6 Å². The summed E-state index contributed by atoms with van der Waals surface area (Å²) in [6.45, 7) is -1.05. The molecule has 1 fully saturated rings. The second kappa shape index (κ2) is 11.0. The summed E-state index contributed by atoms with van der Waals surface area (Å²) in [5.74, 6) is -0.995. The molecule has 16 heteroatoms. The third-order valence-electron chi connectivity index (χ3n) is 7.43. The Morgan fingerprint density at radius 2 is 1.82 bits per heavy atom. The number of H-pyrrole nitrogens is 1. The van der Waals surface area contributed by atoms with E-state index in [2.05, 4.69) is 25.1 Å². The molecule has 13 nitrogen and oxygen atoms in total. The van der Waals surface area contributed by atoms with Crippen LogP contribution in [-0.4, -0.2) is 90.5 Å². The predicted molar refractivity (Wildman–Crippen MR) is 149 cm³/mol. The van der Waals surface area contributed by atoms with Crippen molar-refractivity contribution >= 4 is 33.9 Å². The van der Waals surface area contributed by atoms with Gasteiger partial charge < -0.3 is 33.9 Å². The van der Waals surface area contributed by atoms with E-state index in [4.69, 9.17) is 9.47 Å². The van der Waals surface area contributed by atoms with E-state index < -0.39 is 36.6 Å². The highest BCUT2D eigenvalue weighted by Crippen LogP contribution is 2.34. The number of aromatic nitrogens is 6. The van der Waals surface area contributed by atoms with Crippen LogP contribution in [0.4, 0.5) is 18.0 Å². The van der Waals surface area contributed by atoms with Gasteiger partial charge in [0.25, 0.3) is 0 Å². The summed E-state index contributed by atoms with van der Waals surface area (Å²) in [7, 11) is 2.83. The molecule has 5 aromatic rings. The molecule has 6 rings (SSSR count). The molecule has 0 saturated carbocycles. The summed E-state index contributed by atoms with van der Waals surface area (Å²) in [6, 6.07) is 12.4. The van der Waals surface area contributed by atoms with Crippen LogP contribution in [0.5, 0.6) is 11.6 Å². The SMILES string of the molecule is COc1ccc2nc(C(F)(F)F)n(CC(=O)N3CCN(C(=O)O)CC3c3nnc(-c4cc5ccccc5nc4OC)[nH]3)c2c1. The molecule has 2 amide bonds. The van der Waals surface area contributed by atoms with E-state index in [0.717, 1.165) is 14.9 Å². The second-order valence-electron chi connectivity index (χ2n) is 10.0. The maximum Gasteiger partial charge on any atom is 0.449 e. The Hall–Kier alpha value is -5.41. The molecule has 44 heavy (non-hydrogen) atoms. The van der Waals surface area contributed by atoms with E-state index in [0.29, 0.717) is 16.8 Å². The minimum Gasteiger partial charge on any atom is -0.497 e. The Morgan fingerprint density at radius 1 is 1.02 bits per heavy atom. The summed E-state index contributed by atoms with van der Waals surface area (Å²) >= 11 is 0. The van der Waals surface area contributed by atoms with Gasteiger partial charge in [0.05, 0.1) is 42.9 Å². The van der Waals surface area contributed by atoms with Gasteiger partial charge in [-0.25, -0.2) is 14.8 Å². The standard InChI is InChI=1S/C28H25F3N8O5/c1-43-16-7-8-19-20(12-16)39(26(33-19)28(29,30)31)14-22(40)38-10-9-37(27(41)42)13-21(38)24-34-23(35-36-24)17-11-15-5-3-4-6-18(15)32-25(17)44-2/h3-8,11-12,21H,9-10,13-14H2,1-2H3,(H,41,42)(H,34,35,36). The van der Waals surface area contributed by atoms with Gasteiger partial charge in [-0.05, 0) is 24.3 Å². The van der Waals surface area contributed by atoms with Gasteiger partial charge in [-0.3, -0.25) is 4.79 Å². The largest absolute Gasteiger partial charge is 0.497 e. The minimum absolute atomic E-state index is 0.0380. The van der Waals surface area contributed by atoms with E-state index in [1.54, 1.807) is 6.07 Å². The van der Waals surface area contributed by atoms with E-state index in [9.17, 15) is 27.9 Å². The van der Waals surface area contributed by atoms with E-state index in [-0.39, 0.29) is 48.2 Å². The van der Waals surface area contributed by atoms with Crippen molar-refractivity contribution in [1.82, 2.24) is 39.5 Å². The zero-order valence-electron chi connectivity index (χ0n) is 23.4. The van der Waals surface area contributed by atoms with Gasteiger partial charge in [0.1, 0.15) is 18.3 Å². The number of nitrogens with zero attached hydrogens (tertiary/aromatic N) is 7. The summed E-state index contributed by atoms with van der Waals surface area (Å²) < 4.78 is 53.5. The number of alkyl halides is 3.